The standard InChI is InChI=1S/C40H75N2O6P/c1-6-8-10-12-14-16-18-19-20-21-22-23-24-26-28-30-32-34-40(44)41-38(37-48-49(45,46)47-36-35-42(3,4)5)39(43)33-31-29-27-25-17-15-13-11-9-7-2/h14,16-17,19-20,25,31,33,38-39,43H,6-13,15,18,21-24,26-30,32,34-37H2,1-5H3,(H-,41,44,45,46)/p+1/b16-14-,20-19-,25-17+,33-31+. The molecule has 8 nitrogen and oxygen atoms in total. The Hall–Kier alpha value is -1.54. The fourth-order valence-corrected chi connectivity index (χ4v) is 5.82. The highest BCUT2D eigenvalue weighted by molar-refractivity contribution is 7.47. The molecule has 0 aliphatic heterocycles. The van der Waals surface area contributed by atoms with Gasteiger partial charge in [0.2, 0.25) is 5.91 Å². The number of carbonyl (C=O) groups is 1. The van der Waals surface area contributed by atoms with E-state index in [1.54, 1.807) is 6.08 Å². The summed E-state index contributed by atoms with van der Waals surface area (Å²) in [7, 11) is 1.54. The molecule has 0 aromatic carbocycles. The van der Waals surface area contributed by atoms with Gasteiger partial charge in [-0.05, 0) is 64.2 Å². The maximum atomic E-state index is 12.8. The zero-order valence-corrected chi connectivity index (χ0v) is 33.1. The Balaban J connectivity index is 4.51. The van der Waals surface area contributed by atoms with E-state index < -0.39 is 20.0 Å². The number of unbranched alkanes of at least 4 members (excludes halogenated alkanes) is 15. The Morgan fingerprint density at radius 2 is 1.18 bits per heavy atom. The van der Waals surface area contributed by atoms with E-state index in [2.05, 4.69) is 55.6 Å². The second-order valence-electron chi connectivity index (χ2n) is 14.3. The van der Waals surface area contributed by atoms with Crippen LogP contribution >= 0.6 is 7.82 Å². The predicted octanol–water partition coefficient (Wildman–Crippen LogP) is 10.1. The van der Waals surface area contributed by atoms with Gasteiger partial charge < -0.3 is 19.8 Å². The SMILES string of the molecule is CCCCC/C=C\C/C=C\CCCCCCCCCC(=O)NC(COP(=O)(O)OCC[N+](C)(C)C)C(O)/C=C/CC/C=C/CCCCCC. The zero-order chi connectivity index (χ0) is 36.5. The fourth-order valence-electron chi connectivity index (χ4n) is 5.08. The molecule has 0 spiro atoms. The normalized spacial score (nSPS) is 15.2. The lowest BCUT2D eigenvalue weighted by molar-refractivity contribution is -0.870. The van der Waals surface area contributed by atoms with Crippen molar-refractivity contribution in [2.24, 2.45) is 0 Å². The van der Waals surface area contributed by atoms with Crippen LogP contribution in [0.2, 0.25) is 0 Å². The number of nitrogens with one attached hydrogen (secondary N) is 1. The fraction of sp³-hybridized carbons (Fsp3) is 0.775. The van der Waals surface area contributed by atoms with Gasteiger partial charge in [-0.25, -0.2) is 4.57 Å². The van der Waals surface area contributed by atoms with E-state index in [0.717, 1.165) is 51.4 Å². The van der Waals surface area contributed by atoms with E-state index in [1.807, 2.05) is 27.2 Å². The van der Waals surface area contributed by atoms with Gasteiger partial charge in [0.1, 0.15) is 13.2 Å². The average Bonchev–Trinajstić information content (AvgIpc) is 3.04. The zero-order valence-electron chi connectivity index (χ0n) is 32.2. The molecule has 1 amide bonds. The van der Waals surface area contributed by atoms with Crippen LogP contribution in [0.25, 0.3) is 0 Å². The minimum Gasteiger partial charge on any atom is -0.387 e. The van der Waals surface area contributed by atoms with Gasteiger partial charge >= 0.3 is 7.82 Å². The molecular weight excluding hydrogens is 635 g/mol. The maximum absolute atomic E-state index is 12.8. The number of hydrogen-bond donors (Lipinski definition) is 3. The number of aliphatic hydroxyl groups excluding tert-OH is 1. The summed E-state index contributed by atoms with van der Waals surface area (Å²) >= 11 is 0. The van der Waals surface area contributed by atoms with Gasteiger partial charge in [-0.2, -0.15) is 0 Å². The van der Waals surface area contributed by atoms with Gasteiger partial charge in [0.25, 0.3) is 0 Å². The van der Waals surface area contributed by atoms with E-state index in [9.17, 15) is 19.4 Å². The summed E-state index contributed by atoms with van der Waals surface area (Å²) in [5, 5.41) is 13.7. The van der Waals surface area contributed by atoms with Gasteiger partial charge in [-0.3, -0.25) is 13.8 Å². The molecule has 286 valence electrons. The van der Waals surface area contributed by atoms with Crippen LogP contribution in [0.15, 0.2) is 48.6 Å². The van der Waals surface area contributed by atoms with Crippen LogP contribution in [-0.4, -0.2) is 73.4 Å². The molecule has 0 saturated heterocycles. The monoisotopic (exact) mass is 712 g/mol. The quantitative estimate of drug-likeness (QED) is 0.0266. The smallest absolute Gasteiger partial charge is 0.387 e. The van der Waals surface area contributed by atoms with Crippen LogP contribution in [0.3, 0.4) is 0 Å². The van der Waals surface area contributed by atoms with Crippen molar-refractivity contribution in [3.05, 3.63) is 48.6 Å². The van der Waals surface area contributed by atoms with Crippen LogP contribution < -0.4 is 5.32 Å². The van der Waals surface area contributed by atoms with Gasteiger partial charge in [0.05, 0.1) is 39.9 Å². The minimum absolute atomic E-state index is 0.0526. The lowest BCUT2D eigenvalue weighted by Gasteiger charge is -2.25. The highest BCUT2D eigenvalue weighted by Crippen LogP contribution is 2.43. The highest BCUT2D eigenvalue weighted by atomic mass is 31.2. The lowest BCUT2D eigenvalue weighted by Crippen LogP contribution is -2.45. The summed E-state index contributed by atoms with van der Waals surface area (Å²) in [5.41, 5.74) is 0. The maximum Gasteiger partial charge on any atom is 0.472 e. The molecule has 3 N–H and O–H groups in total. The Morgan fingerprint density at radius 1 is 0.694 bits per heavy atom. The number of carbonyl (C=O) groups excluding carboxylic acids is 1. The first-order valence-corrected chi connectivity index (χ1v) is 21.0. The summed E-state index contributed by atoms with van der Waals surface area (Å²) < 4.78 is 23.4. The first-order valence-electron chi connectivity index (χ1n) is 19.5. The average molecular weight is 712 g/mol. The number of rotatable bonds is 34. The largest absolute Gasteiger partial charge is 0.472 e. The Kier molecular flexibility index (Phi) is 31.4. The molecule has 0 heterocycles. The van der Waals surface area contributed by atoms with E-state index >= 15 is 0 Å². The molecule has 9 heteroatoms. The molecule has 0 radical (unpaired) electrons. The number of nitrogens with zero attached hydrogens (tertiary/aromatic N) is 1. The molecule has 0 aliphatic rings. The minimum atomic E-state index is -4.34. The van der Waals surface area contributed by atoms with Gasteiger partial charge in [-0.15, -0.1) is 0 Å². The lowest BCUT2D eigenvalue weighted by atomic mass is 10.1. The first kappa shape index (κ1) is 47.5. The van der Waals surface area contributed by atoms with Crippen molar-refractivity contribution in [1.82, 2.24) is 5.32 Å². The number of allylic oxidation sites excluding steroid dienone is 7. The van der Waals surface area contributed by atoms with Crippen molar-refractivity contribution in [1.29, 1.82) is 0 Å². The van der Waals surface area contributed by atoms with Crippen molar-refractivity contribution in [2.75, 3.05) is 40.9 Å². The van der Waals surface area contributed by atoms with Crippen LogP contribution in [0.5, 0.6) is 0 Å². The molecule has 3 atom stereocenters. The van der Waals surface area contributed by atoms with Gasteiger partial charge in [0, 0.05) is 6.42 Å². The van der Waals surface area contributed by atoms with Crippen molar-refractivity contribution >= 4 is 13.7 Å². The first-order chi connectivity index (χ1) is 23.5. The molecule has 3 unspecified atom stereocenters. The Labute approximate surface area is 301 Å². The van der Waals surface area contributed by atoms with E-state index in [-0.39, 0.29) is 19.1 Å². The van der Waals surface area contributed by atoms with Crippen molar-refractivity contribution < 1.29 is 32.9 Å². The second kappa shape index (κ2) is 32.4. The van der Waals surface area contributed by atoms with Gasteiger partial charge in [0.15, 0.2) is 0 Å². The molecule has 0 bridgehead atoms. The predicted molar refractivity (Wildman–Crippen MR) is 207 cm³/mol. The number of amides is 1. The topological polar surface area (TPSA) is 105 Å². The summed E-state index contributed by atoms with van der Waals surface area (Å²) in [6, 6.07) is -0.865. The number of aliphatic hydroxyl groups is 1. The summed E-state index contributed by atoms with van der Waals surface area (Å²) in [5.74, 6) is -0.201. The molecule has 0 aliphatic carbocycles. The number of phosphoric acid groups is 1. The summed E-state index contributed by atoms with van der Waals surface area (Å²) in [6.07, 6.45) is 38.9. The van der Waals surface area contributed by atoms with E-state index in [1.165, 1.54) is 77.0 Å². The van der Waals surface area contributed by atoms with Crippen LogP contribution in [-0.2, 0) is 18.4 Å². The molecule has 0 saturated carbocycles. The summed E-state index contributed by atoms with van der Waals surface area (Å²) in [6.45, 7) is 4.69. The van der Waals surface area contributed by atoms with Crippen LogP contribution in [0.1, 0.15) is 149 Å². The van der Waals surface area contributed by atoms with Crippen LogP contribution in [0.4, 0.5) is 0 Å². The number of phosphoric ester groups is 1. The molecule has 0 aromatic rings. The third-order valence-corrected chi connectivity index (χ3v) is 9.26. The third kappa shape index (κ3) is 34.7. The van der Waals surface area contributed by atoms with Crippen molar-refractivity contribution in [3.8, 4) is 0 Å². The Bertz CT molecular complexity index is 944. The molecule has 0 aromatic heterocycles. The van der Waals surface area contributed by atoms with E-state index in [0.29, 0.717) is 17.4 Å². The van der Waals surface area contributed by atoms with E-state index in [4.69, 9.17) is 9.05 Å². The van der Waals surface area contributed by atoms with Gasteiger partial charge in [-0.1, -0.05) is 127 Å². The third-order valence-electron chi connectivity index (χ3n) is 8.27. The number of quaternary nitrogens is 1. The number of hydrogen-bond acceptors (Lipinski definition) is 5. The summed E-state index contributed by atoms with van der Waals surface area (Å²) in [4.78, 5) is 23.0. The highest BCUT2D eigenvalue weighted by Gasteiger charge is 2.27. The Morgan fingerprint density at radius 3 is 1.80 bits per heavy atom. The molecule has 0 rings (SSSR count). The second-order valence-corrected chi connectivity index (χ2v) is 15.7. The molecular formula is C40H76N2O6P+. The van der Waals surface area contributed by atoms with Crippen LogP contribution in [0, 0.1) is 0 Å². The number of likely N-dealkylation sites (N-methyl/N-ethyl adjacent to an activating group) is 1. The molecule has 49 heavy (non-hydrogen) atoms. The molecule has 0 fully saturated rings. The van der Waals surface area contributed by atoms with Crippen molar-refractivity contribution in [2.45, 2.75) is 161 Å². The van der Waals surface area contributed by atoms with Crippen molar-refractivity contribution in [3.63, 3.8) is 0 Å².